The highest BCUT2D eigenvalue weighted by molar-refractivity contribution is 8.00. The van der Waals surface area contributed by atoms with E-state index in [2.05, 4.69) is 25.3 Å². The van der Waals surface area contributed by atoms with E-state index in [4.69, 9.17) is 9.47 Å². The normalized spacial score (nSPS) is 14.3. The van der Waals surface area contributed by atoms with Gasteiger partial charge in [-0.15, -0.1) is 0 Å². The number of nitrogens with zero attached hydrogens (tertiary/aromatic N) is 3. The van der Waals surface area contributed by atoms with Gasteiger partial charge in [0.1, 0.15) is 30.1 Å². The van der Waals surface area contributed by atoms with Gasteiger partial charge >= 0.3 is 0 Å². The highest BCUT2D eigenvalue weighted by Gasteiger charge is 2.19. The predicted molar refractivity (Wildman–Crippen MR) is 93.1 cm³/mol. The number of hydrogen-bond acceptors (Lipinski definition) is 7. The van der Waals surface area contributed by atoms with Crippen LogP contribution in [0, 0.1) is 0 Å². The molecule has 1 aliphatic rings. The molecule has 0 aliphatic carbocycles. The van der Waals surface area contributed by atoms with E-state index < -0.39 is 0 Å². The Bertz CT molecular complexity index is 929. The van der Waals surface area contributed by atoms with E-state index in [9.17, 15) is 4.79 Å². The number of imidazole rings is 1. The molecule has 1 atom stereocenters. The number of ether oxygens (including phenoxy) is 2. The Hall–Kier alpha value is -2.81. The first-order chi connectivity index (χ1) is 12.2. The van der Waals surface area contributed by atoms with Crippen molar-refractivity contribution in [1.82, 2.24) is 19.9 Å². The number of thioether (sulfide) groups is 1. The summed E-state index contributed by atoms with van der Waals surface area (Å²) in [5, 5.41) is 3.22. The number of hydrogen-bond donors (Lipinski definition) is 2. The zero-order valence-electron chi connectivity index (χ0n) is 13.4. The first-order valence-corrected chi connectivity index (χ1v) is 8.60. The minimum Gasteiger partial charge on any atom is -0.486 e. The van der Waals surface area contributed by atoms with Crippen molar-refractivity contribution in [2.24, 2.45) is 0 Å². The molecule has 1 amide bonds. The third kappa shape index (κ3) is 3.22. The van der Waals surface area contributed by atoms with E-state index in [0.717, 1.165) is 5.52 Å². The van der Waals surface area contributed by atoms with Gasteiger partial charge in [-0.05, 0) is 19.1 Å². The first kappa shape index (κ1) is 15.7. The molecule has 3 heterocycles. The molecular weight excluding hydrogens is 342 g/mol. The molecule has 9 heteroatoms. The van der Waals surface area contributed by atoms with Crippen LogP contribution in [0.5, 0.6) is 11.5 Å². The maximum Gasteiger partial charge on any atom is 0.237 e. The zero-order chi connectivity index (χ0) is 17.2. The van der Waals surface area contributed by atoms with E-state index in [1.807, 2.05) is 6.92 Å². The molecule has 0 unspecified atom stereocenters. The second-order valence-corrected chi connectivity index (χ2v) is 6.72. The highest BCUT2D eigenvalue weighted by Crippen LogP contribution is 2.33. The van der Waals surface area contributed by atoms with Crippen LogP contribution in [0.2, 0.25) is 0 Å². The number of rotatable bonds is 4. The van der Waals surface area contributed by atoms with Crippen LogP contribution >= 0.6 is 11.8 Å². The van der Waals surface area contributed by atoms with Crippen molar-refractivity contribution in [2.45, 2.75) is 17.2 Å². The Kier molecular flexibility index (Phi) is 4.14. The Balaban J connectivity index is 1.46. The molecule has 0 spiro atoms. The maximum atomic E-state index is 12.5. The van der Waals surface area contributed by atoms with Crippen LogP contribution < -0.4 is 14.8 Å². The lowest BCUT2D eigenvalue weighted by Crippen LogP contribution is -2.23. The smallest absolute Gasteiger partial charge is 0.237 e. The molecule has 128 valence electrons. The number of benzene rings is 1. The largest absolute Gasteiger partial charge is 0.486 e. The van der Waals surface area contributed by atoms with Crippen LogP contribution in [0.15, 0.2) is 35.9 Å². The molecule has 3 aromatic rings. The molecule has 2 aromatic heterocycles. The first-order valence-electron chi connectivity index (χ1n) is 7.72. The van der Waals surface area contributed by atoms with Crippen molar-refractivity contribution in [2.75, 3.05) is 18.5 Å². The lowest BCUT2D eigenvalue weighted by atomic mass is 10.2. The van der Waals surface area contributed by atoms with Gasteiger partial charge in [-0.1, -0.05) is 11.8 Å². The van der Waals surface area contributed by atoms with Crippen molar-refractivity contribution in [3.63, 3.8) is 0 Å². The van der Waals surface area contributed by atoms with Crippen LogP contribution in [0.25, 0.3) is 11.2 Å². The van der Waals surface area contributed by atoms with E-state index in [0.29, 0.717) is 41.1 Å². The second kappa shape index (κ2) is 6.60. The molecule has 0 fully saturated rings. The number of anilines is 1. The number of amides is 1. The van der Waals surface area contributed by atoms with Crippen molar-refractivity contribution in [3.8, 4) is 11.5 Å². The fraction of sp³-hybridized carbons (Fsp3) is 0.250. The van der Waals surface area contributed by atoms with Gasteiger partial charge in [-0.25, -0.2) is 15.0 Å². The van der Waals surface area contributed by atoms with Crippen molar-refractivity contribution < 1.29 is 14.3 Å². The molecule has 8 nitrogen and oxygen atoms in total. The van der Waals surface area contributed by atoms with Gasteiger partial charge in [0.15, 0.2) is 17.1 Å². The second-order valence-electron chi connectivity index (χ2n) is 5.39. The zero-order valence-corrected chi connectivity index (χ0v) is 14.2. The predicted octanol–water partition coefficient (Wildman–Crippen LogP) is 2.24. The molecule has 0 radical (unpaired) electrons. The number of H-pyrrole nitrogens is 1. The molecule has 0 saturated carbocycles. The van der Waals surface area contributed by atoms with Crippen molar-refractivity contribution in [3.05, 3.63) is 30.9 Å². The van der Waals surface area contributed by atoms with Gasteiger partial charge < -0.3 is 19.8 Å². The van der Waals surface area contributed by atoms with Gasteiger partial charge in [0.05, 0.1) is 11.6 Å². The number of carbonyl (C=O) groups excluding carboxylic acids is 1. The van der Waals surface area contributed by atoms with Gasteiger partial charge in [0.25, 0.3) is 0 Å². The summed E-state index contributed by atoms with van der Waals surface area (Å²) in [5.41, 5.74) is 1.97. The van der Waals surface area contributed by atoms with Crippen molar-refractivity contribution in [1.29, 1.82) is 0 Å². The van der Waals surface area contributed by atoms with Crippen LogP contribution in [0.1, 0.15) is 6.92 Å². The summed E-state index contributed by atoms with van der Waals surface area (Å²) < 4.78 is 11.0. The standard InChI is InChI=1S/C16H15N5O3S/c1-9(25-16-13-14(18-7-17-13)19-8-20-16)15(22)21-10-2-3-11-12(6-10)24-5-4-23-11/h2-3,6-9H,4-5H2,1H3,(H,21,22)(H,17,18,19,20)/t9-/m1/s1. The molecular formula is C16H15N5O3S. The summed E-state index contributed by atoms with van der Waals surface area (Å²) >= 11 is 1.34. The number of fused-ring (bicyclic) bond motifs is 2. The van der Waals surface area contributed by atoms with Crippen LogP contribution in [-0.4, -0.2) is 44.3 Å². The molecule has 0 bridgehead atoms. The summed E-state index contributed by atoms with van der Waals surface area (Å²) in [6.45, 7) is 2.86. The Labute approximate surface area is 147 Å². The van der Waals surface area contributed by atoms with Gasteiger partial charge in [0.2, 0.25) is 5.91 Å². The number of carbonyl (C=O) groups is 1. The fourth-order valence-corrected chi connectivity index (χ4v) is 3.30. The lowest BCUT2D eigenvalue weighted by molar-refractivity contribution is -0.115. The monoisotopic (exact) mass is 357 g/mol. The summed E-state index contributed by atoms with van der Waals surface area (Å²) in [5.74, 6) is 1.20. The average Bonchev–Trinajstić information content (AvgIpc) is 3.11. The van der Waals surface area contributed by atoms with E-state index in [1.165, 1.54) is 18.1 Å². The summed E-state index contributed by atoms with van der Waals surface area (Å²) in [6.07, 6.45) is 3.00. The summed E-state index contributed by atoms with van der Waals surface area (Å²) in [6, 6.07) is 5.35. The molecule has 2 N–H and O–H groups in total. The van der Waals surface area contributed by atoms with E-state index in [1.54, 1.807) is 24.5 Å². The van der Waals surface area contributed by atoms with E-state index >= 15 is 0 Å². The number of aromatic nitrogens is 4. The molecule has 25 heavy (non-hydrogen) atoms. The topological polar surface area (TPSA) is 102 Å². The fourth-order valence-electron chi connectivity index (χ4n) is 2.42. The number of nitrogens with one attached hydrogen (secondary N) is 2. The molecule has 4 rings (SSSR count). The van der Waals surface area contributed by atoms with Gasteiger partial charge in [-0.2, -0.15) is 0 Å². The average molecular weight is 357 g/mol. The van der Waals surface area contributed by atoms with Gasteiger partial charge in [-0.3, -0.25) is 4.79 Å². The summed E-state index contributed by atoms with van der Waals surface area (Å²) in [7, 11) is 0. The van der Waals surface area contributed by atoms with E-state index in [-0.39, 0.29) is 11.2 Å². The highest BCUT2D eigenvalue weighted by atomic mass is 32.2. The van der Waals surface area contributed by atoms with Crippen molar-refractivity contribution >= 4 is 34.5 Å². The molecule has 1 aromatic carbocycles. The molecule has 0 saturated heterocycles. The quantitative estimate of drug-likeness (QED) is 0.545. The van der Waals surface area contributed by atoms with Gasteiger partial charge in [0, 0.05) is 11.8 Å². The van der Waals surface area contributed by atoms with Crippen LogP contribution in [0.3, 0.4) is 0 Å². The minimum atomic E-state index is -0.352. The Morgan fingerprint density at radius 3 is 2.96 bits per heavy atom. The van der Waals surface area contributed by atoms with Crippen LogP contribution in [0.4, 0.5) is 5.69 Å². The number of aromatic amines is 1. The summed E-state index contributed by atoms with van der Waals surface area (Å²) in [4.78, 5) is 27.9. The third-order valence-corrected chi connectivity index (χ3v) is 4.76. The Morgan fingerprint density at radius 2 is 2.08 bits per heavy atom. The third-order valence-electron chi connectivity index (χ3n) is 3.66. The minimum absolute atomic E-state index is 0.132. The Morgan fingerprint density at radius 1 is 1.24 bits per heavy atom. The molecule has 1 aliphatic heterocycles. The SMILES string of the molecule is C[C@@H](Sc1ncnc2nc[nH]c12)C(=O)Nc1ccc2c(c1)OCCO2. The maximum absolute atomic E-state index is 12.5. The lowest BCUT2D eigenvalue weighted by Gasteiger charge is -2.19. The van der Waals surface area contributed by atoms with Crippen LogP contribution in [-0.2, 0) is 4.79 Å².